The van der Waals surface area contributed by atoms with Crippen molar-refractivity contribution < 1.29 is 18.0 Å². The van der Waals surface area contributed by atoms with Crippen molar-refractivity contribution in [2.24, 2.45) is 0 Å². The highest BCUT2D eigenvalue weighted by Crippen LogP contribution is 2.24. The number of aryl methyl sites for hydroxylation is 2. The Balaban J connectivity index is 1.88. The van der Waals surface area contributed by atoms with Crippen LogP contribution in [-0.4, -0.2) is 26.3 Å². The van der Waals surface area contributed by atoms with Crippen LogP contribution < -0.4 is 15.4 Å². The molecule has 0 bridgehead atoms. The van der Waals surface area contributed by atoms with Crippen LogP contribution in [-0.2, 0) is 10.0 Å². The fraction of sp³-hybridized carbons (Fsp3) is 0.231. The van der Waals surface area contributed by atoms with Gasteiger partial charge in [0.2, 0.25) is 0 Å². The Kier molecular flexibility index (Phi) is 7.73. The first-order valence-electron chi connectivity index (χ1n) is 11.0. The smallest absolute Gasteiger partial charge is 0.262 e. The number of para-hydroxylation sites is 2. The highest BCUT2D eigenvalue weighted by molar-refractivity contribution is 7.92. The number of hydrogen-bond donors (Lipinski definition) is 3. The lowest BCUT2D eigenvalue weighted by Gasteiger charge is -2.15. The van der Waals surface area contributed by atoms with Crippen molar-refractivity contribution in [3.05, 3.63) is 89.0 Å². The van der Waals surface area contributed by atoms with Crippen molar-refractivity contribution in [1.29, 1.82) is 0 Å². The van der Waals surface area contributed by atoms with Crippen LogP contribution in [0.4, 0.5) is 11.4 Å². The van der Waals surface area contributed by atoms with Crippen LogP contribution in [0.1, 0.15) is 52.1 Å². The monoisotopic (exact) mass is 479 g/mol. The van der Waals surface area contributed by atoms with Gasteiger partial charge in [-0.25, -0.2) is 8.42 Å². The average molecular weight is 480 g/mol. The molecule has 1 unspecified atom stereocenters. The molecule has 0 spiro atoms. The summed E-state index contributed by atoms with van der Waals surface area (Å²) in [5.74, 6) is -0.809. The molecule has 3 N–H and O–H groups in total. The van der Waals surface area contributed by atoms with E-state index in [1.807, 2.05) is 32.9 Å². The minimum Gasteiger partial charge on any atom is -0.350 e. The number of hydrogen-bond acceptors (Lipinski definition) is 4. The molecule has 0 aliphatic heterocycles. The van der Waals surface area contributed by atoms with Crippen LogP contribution in [0, 0.1) is 13.8 Å². The maximum absolute atomic E-state index is 13.1. The van der Waals surface area contributed by atoms with Gasteiger partial charge in [0.25, 0.3) is 21.8 Å². The second-order valence-corrected chi connectivity index (χ2v) is 9.83. The Bertz CT molecular complexity index is 1320. The molecule has 0 radical (unpaired) electrons. The molecular formula is C26H29N3O4S. The molecular weight excluding hydrogens is 450 g/mol. The topological polar surface area (TPSA) is 104 Å². The van der Waals surface area contributed by atoms with Gasteiger partial charge in [0.05, 0.1) is 21.8 Å². The summed E-state index contributed by atoms with van der Waals surface area (Å²) in [5.41, 5.74) is 2.59. The van der Waals surface area contributed by atoms with E-state index >= 15 is 0 Å². The molecule has 0 aliphatic rings. The third kappa shape index (κ3) is 5.82. The normalized spacial score (nSPS) is 12.0. The maximum Gasteiger partial charge on any atom is 0.262 e. The predicted octanol–water partition coefficient (Wildman–Crippen LogP) is 4.88. The van der Waals surface area contributed by atoms with Gasteiger partial charge in [-0.15, -0.1) is 0 Å². The highest BCUT2D eigenvalue weighted by atomic mass is 32.2. The van der Waals surface area contributed by atoms with Crippen molar-refractivity contribution in [2.45, 2.75) is 45.1 Å². The maximum atomic E-state index is 13.1. The summed E-state index contributed by atoms with van der Waals surface area (Å²) in [4.78, 5) is 25.7. The number of amides is 2. The summed E-state index contributed by atoms with van der Waals surface area (Å²) < 4.78 is 28.8. The number of nitrogens with one attached hydrogen (secondary N) is 3. The minimum absolute atomic E-state index is 0.00574. The number of carbonyl (C=O) groups is 2. The summed E-state index contributed by atoms with van der Waals surface area (Å²) in [5, 5.41) is 5.63. The van der Waals surface area contributed by atoms with E-state index < -0.39 is 15.9 Å². The van der Waals surface area contributed by atoms with E-state index in [0.717, 1.165) is 12.0 Å². The SMILES string of the molecule is CCC(C)NC(=O)c1ccccc1NC(=O)c1ccc(C)c(S(=O)(=O)Nc2ccccc2C)c1. The molecule has 0 saturated carbocycles. The largest absolute Gasteiger partial charge is 0.350 e. The zero-order valence-electron chi connectivity index (χ0n) is 19.7. The highest BCUT2D eigenvalue weighted by Gasteiger charge is 2.21. The summed E-state index contributed by atoms with van der Waals surface area (Å²) in [6, 6.07) is 18.2. The van der Waals surface area contributed by atoms with E-state index in [1.54, 1.807) is 55.5 Å². The molecule has 0 heterocycles. The molecule has 0 aliphatic carbocycles. The van der Waals surface area contributed by atoms with Gasteiger partial charge in [-0.05, 0) is 68.7 Å². The third-order valence-corrected chi connectivity index (χ3v) is 7.05. The van der Waals surface area contributed by atoms with E-state index in [2.05, 4.69) is 15.4 Å². The second kappa shape index (κ2) is 10.5. The van der Waals surface area contributed by atoms with Crippen LogP contribution in [0.3, 0.4) is 0 Å². The quantitative estimate of drug-likeness (QED) is 0.428. The van der Waals surface area contributed by atoms with Gasteiger partial charge >= 0.3 is 0 Å². The zero-order valence-corrected chi connectivity index (χ0v) is 20.5. The van der Waals surface area contributed by atoms with E-state index in [4.69, 9.17) is 0 Å². The molecule has 3 aromatic carbocycles. The van der Waals surface area contributed by atoms with Gasteiger partial charge in [-0.3, -0.25) is 14.3 Å². The van der Waals surface area contributed by atoms with Crippen LogP contribution >= 0.6 is 0 Å². The first-order chi connectivity index (χ1) is 16.1. The molecule has 0 fully saturated rings. The fourth-order valence-corrected chi connectivity index (χ4v) is 4.71. The van der Waals surface area contributed by atoms with Crippen molar-refractivity contribution in [3.8, 4) is 0 Å². The molecule has 7 nitrogen and oxygen atoms in total. The molecule has 3 rings (SSSR count). The van der Waals surface area contributed by atoms with Gasteiger partial charge in [-0.2, -0.15) is 0 Å². The molecule has 0 aromatic heterocycles. The molecule has 178 valence electrons. The molecule has 3 aromatic rings. The van der Waals surface area contributed by atoms with Crippen molar-refractivity contribution in [2.75, 3.05) is 10.0 Å². The van der Waals surface area contributed by atoms with E-state index in [1.165, 1.54) is 6.07 Å². The molecule has 2 amide bonds. The van der Waals surface area contributed by atoms with E-state index in [-0.39, 0.29) is 22.4 Å². The molecule has 34 heavy (non-hydrogen) atoms. The number of sulfonamides is 1. The lowest BCUT2D eigenvalue weighted by atomic mass is 10.1. The van der Waals surface area contributed by atoms with Gasteiger partial charge in [0.15, 0.2) is 0 Å². The lowest BCUT2D eigenvalue weighted by molar-refractivity contribution is 0.0940. The minimum atomic E-state index is -3.93. The summed E-state index contributed by atoms with van der Waals surface area (Å²) in [6.45, 7) is 7.35. The Morgan fingerprint density at radius 2 is 1.50 bits per heavy atom. The number of rotatable bonds is 8. The third-order valence-electron chi connectivity index (χ3n) is 5.54. The first-order valence-corrected chi connectivity index (χ1v) is 12.5. The second-order valence-electron chi connectivity index (χ2n) is 8.18. The molecule has 8 heteroatoms. The predicted molar refractivity (Wildman–Crippen MR) is 135 cm³/mol. The van der Waals surface area contributed by atoms with Crippen LogP contribution in [0.25, 0.3) is 0 Å². The van der Waals surface area contributed by atoms with E-state index in [9.17, 15) is 18.0 Å². The van der Waals surface area contributed by atoms with E-state index in [0.29, 0.717) is 22.5 Å². The van der Waals surface area contributed by atoms with Crippen molar-refractivity contribution in [1.82, 2.24) is 5.32 Å². The number of benzene rings is 3. The van der Waals surface area contributed by atoms with Gasteiger partial charge in [0.1, 0.15) is 0 Å². The Morgan fingerprint density at radius 1 is 0.853 bits per heavy atom. The van der Waals surface area contributed by atoms with Crippen LogP contribution in [0.15, 0.2) is 71.6 Å². The van der Waals surface area contributed by atoms with Crippen LogP contribution in [0.5, 0.6) is 0 Å². The van der Waals surface area contributed by atoms with Gasteiger partial charge < -0.3 is 10.6 Å². The Morgan fingerprint density at radius 3 is 2.18 bits per heavy atom. The molecule has 1 atom stereocenters. The van der Waals surface area contributed by atoms with Crippen molar-refractivity contribution in [3.63, 3.8) is 0 Å². The summed E-state index contributed by atoms with van der Waals surface area (Å²) in [6.07, 6.45) is 0.775. The van der Waals surface area contributed by atoms with Crippen molar-refractivity contribution >= 4 is 33.2 Å². The van der Waals surface area contributed by atoms with Crippen LogP contribution in [0.2, 0.25) is 0 Å². The standard InChI is InChI=1S/C26H29N3O4S/c1-5-19(4)27-26(31)21-11-7-9-13-23(21)28-25(30)20-15-14-18(3)24(16-20)34(32,33)29-22-12-8-6-10-17(22)2/h6-16,19,29H,5H2,1-4H3,(H,27,31)(H,28,30). The Hall–Kier alpha value is -3.65. The van der Waals surface area contributed by atoms with Gasteiger partial charge in [0, 0.05) is 11.6 Å². The number of anilines is 2. The summed E-state index contributed by atoms with van der Waals surface area (Å²) in [7, 11) is -3.93. The fourth-order valence-electron chi connectivity index (χ4n) is 3.31. The first kappa shape index (κ1) is 25.0. The van der Waals surface area contributed by atoms with Gasteiger partial charge in [-0.1, -0.05) is 43.3 Å². The summed E-state index contributed by atoms with van der Waals surface area (Å²) >= 11 is 0. The Labute approximate surface area is 200 Å². The average Bonchev–Trinajstić information content (AvgIpc) is 2.80. The molecule has 0 saturated heterocycles. The zero-order chi connectivity index (χ0) is 24.9. The lowest BCUT2D eigenvalue weighted by Crippen LogP contribution is -2.32. The number of carbonyl (C=O) groups excluding carboxylic acids is 2.